The molecule has 0 saturated heterocycles. The summed E-state index contributed by atoms with van der Waals surface area (Å²) in [6.45, 7) is 6.19. The van der Waals surface area contributed by atoms with Crippen molar-refractivity contribution in [1.82, 2.24) is 20.3 Å². The average molecular weight is 344 g/mol. The Bertz CT molecular complexity index is 539. The Kier molecular flexibility index (Phi) is 7.34. The summed E-state index contributed by atoms with van der Waals surface area (Å²) in [6, 6.07) is 0. The number of nitrogens with one attached hydrogen (secondary N) is 1. The number of carboxylic acids is 1. The van der Waals surface area contributed by atoms with Crippen LogP contribution in [-0.2, 0) is 17.7 Å². The number of thioether (sulfide) groups is 1. The topological polar surface area (TPSA) is 106 Å². The van der Waals surface area contributed by atoms with Gasteiger partial charge in [-0.15, -0.1) is 5.10 Å². The third-order valence-electron chi connectivity index (χ3n) is 2.79. The van der Waals surface area contributed by atoms with Gasteiger partial charge in [0.1, 0.15) is 5.60 Å². The molecule has 1 heterocycles. The standard InChI is InChI=1S/C14H24N4O4S/c1-14(2,3)22-13(21)15-7-6-10-11(12(19)20)16-17-18(10)8-5-9-23-4/h5-9H2,1-4H3,(H,15,21)(H,19,20). The summed E-state index contributed by atoms with van der Waals surface area (Å²) < 4.78 is 6.73. The third-order valence-corrected chi connectivity index (χ3v) is 3.49. The summed E-state index contributed by atoms with van der Waals surface area (Å²) >= 11 is 1.72. The highest BCUT2D eigenvalue weighted by Gasteiger charge is 2.20. The lowest BCUT2D eigenvalue weighted by atomic mass is 10.2. The highest BCUT2D eigenvalue weighted by atomic mass is 32.2. The molecule has 0 aliphatic carbocycles. The van der Waals surface area contributed by atoms with E-state index in [4.69, 9.17) is 4.74 Å². The molecule has 0 radical (unpaired) electrons. The van der Waals surface area contributed by atoms with E-state index in [1.54, 1.807) is 37.2 Å². The maximum absolute atomic E-state index is 11.6. The fraction of sp³-hybridized carbons (Fsp3) is 0.714. The van der Waals surface area contributed by atoms with Gasteiger partial charge in [-0.05, 0) is 39.2 Å². The predicted octanol–water partition coefficient (Wildman–Crippen LogP) is 1.80. The Balaban J connectivity index is 2.64. The highest BCUT2D eigenvalue weighted by Crippen LogP contribution is 2.09. The van der Waals surface area contributed by atoms with Crippen LogP contribution < -0.4 is 5.32 Å². The van der Waals surface area contributed by atoms with Crippen LogP contribution in [0.2, 0.25) is 0 Å². The second-order valence-corrected chi connectivity index (χ2v) is 6.92. The van der Waals surface area contributed by atoms with Gasteiger partial charge < -0.3 is 15.2 Å². The Morgan fingerprint density at radius 2 is 2.09 bits per heavy atom. The molecule has 1 rings (SSSR count). The second-order valence-electron chi connectivity index (χ2n) is 5.94. The molecule has 0 spiro atoms. The second kappa shape index (κ2) is 8.76. The molecule has 1 aromatic heterocycles. The minimum absolute atomic E-state index is 0.0693. The van der Waals surface area contributed by atoms with Crippen molar-refractivity contribution in [2.75, 3.05) is 18.6 Å². The van der Waals surface area contributed by atoms with Gasteiger partial charge in [-0.25, -0.2) is 14.3 Å². The molecule has 0 aliphatic rings. The Morgan fingerprint density at radius 3 is 2.65 bits per heavy atom. The van der Waals surface area contributed by atoms with Crippen LogP contribution >= 0.6 is 11.8 Å². The zero-order chi connectivity index (χ0) is 17.5. The number of rotatable bonds is 8. The normalized spacial score (nSPS) is 11.3. The quantitative estimate of drug-likeness (QED) is 0.692. The number of aryl methyl sites for hydroxylation is 1. The van der Waals surface area contributed by atoms with E-state index in [9.17, 15) is 14.7 Å². The van der Waals surface area contributed by atoms with E-state index in [1.165, 1.54) is 0 Å². The first kappa shape index (κ1) is 19.3. The number of ether oxygens (including phenoxy) is 1. The first-order valence-corrected chi connectivity index (χ1v) is 8.75. The lowest BCUT2D eigenvalue weighted by Gasteiger charge is -2.19. The molecule has 23 heavy (non-hydrogen) atoms. The summed E-state index contributed by atoms with van der Waals surface area (Å²) in [6.07, 6.45) is 2.68. The van der Waals surface area contributed by atoms with Crippen molar-refractivity contribution in [2.24, 2.45) is 0 Å². The maximum atomic E-state index is 11.6. The summed E-state index contributed by atoms with van der Waals surface area (Å²) in [5.74, 6) is -0.161. The van der Waals surface area contributed by atoms with Gasteiger partial charge in [0.25, 0.3) is 0 Å². The van der Waals surface area contributed by atoms with Crippen LogP contribution in [0.3, 0.4) is 0 Å². The molecular formula is C14H24N4O4S. The minimum atomic E-state index is -1.12. The van der Waals surface area contributed by atoms with Crippen molar-refractivity contribution in [3.8, 4) is 0 Å². The predicted molar refractivity (Wildman–Crippen MR) is 87.9 cm³/mol. The largest absolute Gasteiger partial charge is 0.476 e. The summed E-state index contributed by atoms with van der Waals surface area (Å²) in [7, 11) is 0. The van der Waals surface area contributed by atoms with Crippen LogP contribution in [0.1, 0.15) is 43.4 Å². The Labute approximate surface area is 140 Å². The molecule has 9 heteroatoms. The van der Waals surface area contributed by atoms with Gasteiger partial charge in [0.15, 0.2) is 5.69 Å². The van der Waals surface area contributed by atoms with Crippen LogP contribution in [0.15, 0.2) is 0 Å². The Morgan fingerprint density at radius 1 is 1.39 bits per heavy atom. The number of nitrogens with zero attached hydrogens (tertiary/aromatic N) is 3. The van der Waals surface area contributed by atoms with Crippen LogP contribution in [0.25, 0.3) is 0 Å². The van der Waals surface area contributed by atoms with Gasteiger partial charge in [-0.2, -0.15) is 11.8 Å². The Hall–Kier alpha value is -1.77. The first-order valence-electron chi connectivity index (χ1n) is 7.36. The number of carboxylic acid groups (broad SMARTS) is 1. The molecule has 0 unspecified atom stereocenters. The molecule has 0 fully saturated rings. The van der Waals surface area contributed by atoms with Gasteiger partial charge in [-0.3, -0.25) is 0 Å². The number of amides is 1. The fourth-order valence-electron chi connectivity index (χ4n) is 1.88. The van der Waals surface area contributed by atoms with E-state index >= 15 is 0 Å². The molecule has 0 saturated carbocycles. The van der Waals surface area contributed by atoms with Crippen molar-refractivity contribution in [3.05, 3.63) is 11.4 Å². The van der Waals surface area contributed by atoms with Crippen molar-refractivity contribution >= 4 is 23.8 Å². The molecule has 0 bridgehead atoms. The summed E-state index contributed by atoms with van der Waals surface area (Å²) in [4.78, 5) is 22.8. The number of carbonyl (C=O) groups excluding carboxylic acids is 1. The lowest BCUT2D eigenvalue weighted by molar-refractivity contribution is 0.0528. The molecule has 1 amide bonds. The van der Waals surface area contributed by atoms with Crippen molar-refractivity contribution in [3.63, 3.8) is 0 Å². The van der Waals surface area contributed by atoms with Gasteiger partial charge in [-0.1, -0.05) is 5.21 Å². The molecule has 2 N–H and O–H groups in total. The molecule has 1 aromatic rings. The number of hydrogen-bond acceptors (Lipinski definition) is 6. The van der Waals surface area contributed by atoms with Crippen molar-refractivity contribution in [1.29, 1.82) is 0 Å². The maximum Gasteiger partial charge on any atom is 0.407 e. The number of alkyl carbamates (subject to hydrolysis) is 1. The van der Waals surface area contributed by atoms with E-state index in [0.717, 1.165) is 12.2 Å². The fourth-order valence-corrected chi connectivity index (χ4v) is 2.30. The number of aromatic carboxylic acids is 1. The molecule has 0 aromatic carbocycles. The van der Waals surface area contributed by atoms with Crippen molar-refractivity contribution < 1.29 is 19.4 Å². The van der Waals surface area contributed by atoms with Gasteiger partial charge >= 0.3 is 12.1 Å². The minimum Gasteiger partial charge on any atom is -0.476 e. The smallest absolute Gasteiger partial charge is 0.407 e. The van der Waals surface area contributed by atoms with Crippen LogP contribution in [0.4, 0.5) is 4.79 Å². The van der Waals surface area contributed by atoms with Gasteiger partial charge in [0.2, 0.25) is 0 Å². The van der Waals surface area contributed by atoms with Gasteiger partial charge in [0, 0.05) is 19.5 Å². The monoisotopic (exact) mass is 344 g/mol. The van der Waals surface area contributed by atoms with E-state index in [1.807, 2.05) is 6.26 Å². The third kappa shape index (κ3) is 6.89. The number of carbonyl (C=O) groups is 2. The van der Waals surface area contributed by atoms with E-state index in [0.29, 0.717) is 18.7 Å². The molecule has 0 aliphatic heterocycles. The zero-order valence-electron chi connectivity index (χ0n) is 14.0. The van der Waals surface area contributed by atoms with Gasteiger partial charge in [0.05, 0.1) is 5.69 Å². The molecule has 0 atom stereocenters. The summed E-state index contributed by atoms with van der Waals surface area (Å²) in [5, 5.41) is 19.4. The van der Waals surface area contributed by atoms with E-state index < -0.39 is 17.7 Å². The average Bonchev–Trinajstić information content (AvgIpc) is 2.80. The van der Waals surface area contributed by atoms with Crippen LogP contribution in [0, 0.1) is 0 Å². The SMILES string of the molecule is CSCCCn1nnc(C(=O)O)c1CCNC(=O)OC(C)(C)C. The molecule has 130 valence electrons. The first-order chi connectivity index (χ1) is 10.7. The lowest BCUT2D eigenvalue weighted by Crippen LogP contribution is -2.34. The highest BCUT2D eigenvalue weighted by molar-refractivity contribution is 7.98. The number of hydrogen-bond donors (Lipinski definition) is 2. The van der Waals surface area contributed by atoms with Crippen molar-refractivity contribution in [2.45, 2.75) is 45.8 Å². The zero-order valence-corrected chi connectivity index (χ0v) is 14.8. The van der Waals surface area contributed by atoms with Crippen LogP contribution in [-0.4, -0.2) is 56.3 Å². The van der Waals surface area contributed by atoms with E-state index in [2.05, 4.69) is 15.6 Å². The van der Waals surface area contributed by atoms with Crippen LogP contribution in [0.5, 0.6) is 0 Å². The summed E-state index contributed by atoms with van der Waals surface area (Å²) in [5.41, 5.74) is -0.132. The molecular weight excluding hydrogens is 320 g/mol. The number of aromatic nitrogens is 3. The molecule has 8 nitrogen and oxygen atoms in total. The van der Waals surface area contributed by atoms with E-state index in [-0.39, 0.29) is 12.2 Å².